The summed E-state index contributed by atoms with van der Waals surface area (Å²) in [6.45, 7) is -0.0169. The van der Waals surface area contributed by atoms with E-state index in [-0.39, 0.29) is 18.4 Å². The molecule has 0 atom stereocenters. The minimum atomic E-state index is -1.04. The summed E-state index contributed by atoms with van der Waals surface area (Å²) in [5.74, 6) is -0.782. The minimum Gasteiger partial charge on any atom is -0.482 e. The van der Waals surface area contributed by atoms with Gasteiger partial charge in [-0.2, -0.15) is 0 Å². The first-order valence-electron chi connectivity index (χ1n) is 9.00. The molecule has 3 rings (SSSR count). The Morgan fingerprint density at radius 1 is 1.11 bits per heavy atom. The van der Waals surface area contributed by atoms with Crippen LogP contribution in [0.25, 0.3) is 0 Å². The van der Waals surface area contributed by atoms with Crippen molar-refractivity contribution in [1.29, 1.82) is 0 Å². The number of amides is 2. The number of carboxylic acid groups (broad SMARTS) is 1. The van der Waals surface area contributed by atoms with Gasteiger partial charge in [0.05, 0.1) is 0 Å². The van der Waals surface area contributed by atoms with E-state index in [1.54, 1.807) is 41.1 Å². The van der Waals surface area contributed by atoms with Crippen LogP contribution >= 0.6 is 0 Å². The Kier molecular flexibility index (Phi) is 5.93. The summed E-state index contributed by atoms with van der Waals surface area (Å²) in [6, 6.07) is 14.6. The number of hydrogen-bond acceptors (Lipinski definition) is 4. The maximum Gasteiger partial charge on any atom is 0.341 e. The van der Waals surface area contributed by atoms with E-state index >= 15 is 0 Å². The standard InChI is InChI=1S/C21H22N2O5/c1-22(12-15-6-9-17(10-7-15)28-14-21(26)27)20(25)13-23-18-5-3-2-4-16(18)8-11-19(23)24/h2-7,9-10H,8,11-14H2,1H3,(H,26,27). The van der Waals surface area contributed by atoms with Crippen LogP contribution < -0.4 is 9.64 Å². The molecule has 7 heteroatoms. The molecule has 0 saturated carbocycles. The molecule has 0 radical (unpaired) electrons. The molecule has 0 aliphatic carbocycles. The van der Waals surface area contributed by atoms with Crippen LogP contribution in [0.5, 0.6) is 5.75 Å². The molecule has 0 bridgehead atoms. The summed E-state index contributed by atoms with van der Waals surface area (Å²) < 4.78 is 5.10. The Labute approximate surface area is 163 Å². The highest BCUT2D eigenvalue weighted by molar-refractivity contribution is 6.00. The summed E-state index contributed by atoms with van der Waals surface area (Å²) in [6.07, 6.45) is 1.11. The van der Waals surface area contributed by atoms with Crippen molar-refractivity contribution in [2.24, 2.45) is 0 Å². The number of carboxylic acids is 1. The molecular weight excluding hydrogens is 360 g/mol. The molecule has 1 heterocycles. The molecule has 146 valence electrons. The maximum absolute atomic E-state index is 12.7. The molecular formula is C21H22N2O5. The zero-order chi connectivity index (χ0) is 20.1. The zero-order valence-electron chi connectivity index (χ0n) is 15.6. The van der Waals surface area contributed by atoms with Crippen LogP contribution in [0.3, 0.4) is 0 Å². The normalized spacial score (nSPS) is 13.0. The van der Waals surface area contributed by atoms with Gasteiger partial charge in [0.25, 0.3) is 0 Å². The molecule has 0 fully saturated rings. The van der Waals surface area contributed by atoms with E-state index in [2.05, 4.69) is 0 Å². The van der Waals surface area contributed by atoms with Gasteiger partial charge < -0.3 is 19.6 Å². The van der Waals surface area contributed by atoms with E-state index in [0.29, 0.717) is 25.1 Å². The van der Waals surface area contributed by atoms with Crippen LogP contribution in [-0.2, 0) is 27.3 Å². The van der Waals surface area contributed by atoms with E-state index in [1.807, 2.05) is 24.3 Å². The molecule has 1 aliphatic heterocycles. The number of fused-ring (bicyclic) bond motifs is 1. The lowest BCUT2D eigenvalue weighted by atomic mass is 10.0. The van der Waals surface area contributed by atoms with Crippen molar-refractivity contribution in [2.75, 3.05) is 25.1 Å². The predicted octanol–water partition coefficient (Wildman–Crippen LogP) is 2.09. The van der Waals surface area contributed by atoms with Crippen molar-refractivity contribution in [3.63, 3.8) is 0 Å². The van der Waals surface area contributed by atoms with Gasteiger partial charge >= 0.3 is 5.97 Å². The summed E-state index contributed by atoms with van der Waals surface area (Å²) in [4.78, 5) is 38.6. The number of nitrogens with zero attached hydrogens (tertiary/aromatic N) is 2. The Hall–Kier alpha value is -3.35. The van der Waals surface area contributed by atoms with Gasteiger partial charge in [-0.15, -0.1) is 0 Å². The number of aliphatic carboxylic acids is 1. The number of benzene rings is 2. The largest absolute Gasteiger partial charge is 0.482 e. The van der Waals surface area contributed by atoms with E-state index in [0.717, 1.165) is 16.8 Å². The van der Waals surface area contributed by atoms with E-state index < -0.39 is 12.6 Å². The fourth-order valence-electron chi connectivity index (χ4n) is 3.12. The number of carbonyl (C=O) groups excluding carboxylic acids is 2. The lowest BCUT2D eigenvalue weighted by Gasteiger charge is -2.30. The van der Waals surface area contributed by atoms with Gasteiger partial charge in [0.15, 0.2) is 6.61 Å². The highest BCUT2D eigenvalue weighted by Gasteiger charge is 2.26. The first-order valence-corrected chi connectivity index (χ1v) is 9.00. The fourth-order valence-corrected chi connectivity index (χ4v) is 3.12. The van der Waals surface area contributed by atoms with Crippen LogP contribution in [0.15, 0.2) is 48.5 Å². The quantitative estimate of drug-likeness (QED) is 0.792. The lowest BCUT2D eigenvalue weighted by molar-refractivity contribution is -0.139. The van der Waals surface area contributed by atoms with Gasteiger partial charge in [-0.05, 0) is 35.7 Å². The SMILES string of the molecule is CN(Cc1ccc(OCC(=O)O)cc1)C(=O)CN1C(=O)CCc2ccccc21. The van der Waals surface area contributed by atoms with Gasteiger partial charge in [0.2, 0.25) is 11.8 Å². The molecule has 28 heavy (non-hydrogen) atoms. The number of hydrogen-bond donors (Lipinski definition) is 1. The Bertz CT molecular complexity index is 879. The fraction of sp³-hybridized carbons (Fsp3) is 0.286. The van der Waals surface area contributed by atoms with Crippen molar-refractivity contribution in [3.05, 3.63) is 59.7 Å². The van der Waals surface area contributed by atoms with Gasteiger partial charge in [-0.25, -0.2) is 4.79 Å². The van der Waals surface area contributed by atoms with Crippen molar-refractivity contribution < 1.29 is 24.2 Å². The molecule has 0 saturated heterocycles. The number of para-hydroxylation sites is 1. The third-order valence-corrected chi connectivity index (χ3v) is 4.62. The second kappa shape index (κ2) is 8.56. The second-order valence-corrected chi connectivity index (χ2v) is 6.68. The molecule has 2 aromatic rings. The Morgan fingerprint density at radius 2 is 1.82 bits per heavy atom. The van der Waals surface area contributed by atoms with Gasteiger partial charge in [-0.1, -0.05) is 30.3 Å². The van der Waals surface area contributed by atoms with Gasteiger partial charge in [0.1, 0.15) is 12.3 Å². The third-order valence-electron chi connectivity index (χ3n) is 4.62. The van der Waals surface area contributed by atoms with Crippen LogP contribution in [0.4, 0.5) is 5.69 Å². The molecule has 2 amide bonds. The number of ether oxygens (including phenoxy) is 1. The summed E-state index contributed by atoms with van der Waals surface area (Å²) in [5, 5.41) is 8.63. The Morgan fingerprint density at radius 3 is 2.54 bits per heavy atom. The van der Waals surface area contributed by atoms with Crippen LogP contribution in [0, 0.1) is 0 Å². The van der Waals surface area contributed by atoms with E-state index in [4.69, 9.17) is 9.84 Å². The topological polar surface area (TPSA) is 87.2 Å². The Balaban J connectivity index is 1.60. The van der Waals surface area contributed by atoms with Crippen molar-refractivity contribution in [1.82, 2.24) is 4.90 Å². The molecule has 0 aromatic heterocycles. The maximum atomic E-state index is 12.7. The number of aryl methyl sites for hydroxylation is 1. The molecule has 0 spiro atoms. The second-order valence-electron chi connectivity index (χ2n) is 6.68. The van der Waals surface area contributed by atoms with Crippen LogP contribution in [0.2, 0.25) is 0 Å². The molecule has 1 aliphatic rings. The third kappa shape index (κ3) is 4.68. The summed E-state index contributed by atoms with van der Waals surface area (Å²) in [7, 11) is 1.69. The number of likely N-dealkylation sites (N-methyl/N-ethyl adjacent to an activating group) is 1. The van der Waals surface area contributed by atoms with Gasteiger partial charge in [0, 0.05) is 25.7 Å². The first-order chi connectivity index (χ1) is 13.4. The first kappa shape index (κ1) is 19.4. The molecule has 1 N–H and O–H groups in total. The number of rotatable bonds is 7. The average molecular weight is 382 g/mol. The van der Waals surface area contributed by atoms with E-state index in [1.165, 1.54) is 0 Å². The van der Waals surface area contributed by atoms with E-state index in [9.17, 15) is 14.4 Å². The predicted molar refractivity (Wildman–Crippen MR) is 103 cm³/mol. The zero-order valence-corrected chi connectivity index (χ0v) is 15.6. The summed E-state index contributed by atoms with van der Waals surface area (Å²) in [5.41, 5.74) is 2.76. The lowest BCUT2D eigenvalue weighted by Crippen LogP contribution is -2.43. The minimum absolute atomic E-state index is 0.00610. The highest BCUT2D eigenvalue weighted by Crippen LogP contribution is 2.27. The van der Waals surface area contributed by atoms with Crippen LogP contribution in [0.1, 0.15) is 17.5 Å². The average Bonchev–Trinajstić information content (AvgIpc) is 2.69. The van der Waals surface area contributed by atoms with Crippen molar-refractivity contribution in [2.45, 2.75) is 19.4 Å². The van der Waals surface area contributed by atoms with Crippen molar-refractivity contribution in [3.8, 4) is 5.75 Å². The van der Waals surface area contributed by atoms with Gasteiger partial charge in [-0.3, -0.25) is 9.59 Å². The molecule has 0 unspecified atom stereocenters. The number of anilines is 1. The van der Waals surface area contributed by atoms with Crippen LogP contribution in [-0.4, -0.2) is 48.0 Å². The van der Waals surface area contributed by atoms with Crippen molar-refractivity contribution >= 4 is 23.5 Å². The smallest absolute Gasteiger partial charge is 0.341 e. The monoisotopic (exact) mass is 382 g/mol. The molecule has 2 aromatic carbocycles. The highest BCUT2D eigenvalue weighted by atomic mass is 16.5. The number of carbonyl (C=O) groups is 3. The molecule has 7 nitrogen and oxygen atoms in total. The summed E-state index contributed by atoms with van der Waals surface area (Å²) >= 11 is 0.